The predicted octanol–water partition coefficient (Wildman–Crippen LogP) is 2.20. The number of nitrogens with one attached hydrogen (secondary N) is 2. The van der Waals surface area contributed by atoms with E-state index in [4.69, 9.17) is 4.52 Å². The number of aryl methyl sites for hydroxylation is 2. The largest absolute Gasteiger partial charge is 0.360 e. The monoisotopic (exact) mass is 346 g/mol. The Kier molecular flexibility index (Phi) is 4.50. The van der Waals surface area contributed by atoms with Gasteiger partial charge >= 0.3 is 0 Å². The van der Waals surface area contributed by atoms with E-state index in [-0.39, 0.29) is 17.2 Å². The number of hydrogen-bond donors (Lipinski definition) is 2. The maximum atomic E-state index is 12.3. The standard InChI is InChI=1S/C16H18N4O3S/c1-11-15(12(2)23-20-11)24(21,22)18-9-8-14-10-17-16(19-14)13-6-4-3-5-7-13/h3-7,10,18H,8-9H2,1-2H3,(H,17,19). The second-order valence-electron chi connectivity index (χ2n) is 5.42. The molecule has 0 amide bonds. The molecule has 24 heavy (non-hydrogen) atoms. The minimum absolute atomic E-state index is 0.108. The minimum Gasteiger partial charge on any atom is -0.360 e. The highest BCUT2D eigenvalue weighted by atomic mass is 32.2. The Morgan fingerprint density at radius 1 is 1.21 bits per heavy atom. The number of sulfonamides is 1. The first-order valence-electron chi connectivity index (χ1n) is 7.49. The van der Waals surface area contributed by atoms with Gasteiger partial charge in [-0.25, -0.2) is 18.1 Å². The van der Waals surface area contributed by atoms with Crippen LogP contribution in [-0.4, -0.2) is 30.1 Å². The van der Waals surface area contributed by atoms with Crippen LogP contribution in [-0.2, 0) is 16.4 Å². The van der Waals surface area contributed by atoms with Gasteiger partial charge in [0.15, 0.2) is 5.76 Å². The third-order valence-electron chi connectivity index (χ3n) is 3.60. The summed E-state index contributed by atoms with van der Waals surface area (Å²) in [6.07, 6.45) is 2.22. The van der Waals surface area contributed by atoms with Crippen molar-refractivity contribution in [1.82, 2.24) is 19.8 Å². The lowest BCUT2D eigenvalue weighted by Gasteiger charge is -2.05. The molecule has 0 unspecified atom stereocenters. The van der Waals surface area contributed by atoms with Crippen molar-refractivity contribution in [3.8, 4) is 11.4 Å². The van der Waals surface area contributed by atoms with Gasteiger partial charge in [-0.2, -0.15) is 0 Å². The summed E-state index contributed by atoms with van der Waals surface area (Å²) in [5.41, 5.74) is 2.20. The van der Waals surface area contributed by atoms with Crippen molar-refractivity contribution in [2.24, 2.45) is 0 Å². The Hall–Kier alpha value is -2.45. The highest BCUT2D eigenvalue weighted by Gasteiger charge is 2.23. The SMILES string of the molecule is Cc1noc(C)c1S(=O)(=O)NCCc1cnc(-c2ccccc2)[nH]1. The van der Waals surface area contributed by atoms with Crippen LogP contribution < -0.4 is 4.72 Å². The van der Waals surface area contributed by atoms with E-state index in [9.17, 15) is 8.42 Å². The first kappa shape index (κ1) is 16.4. The lowest BCUT2D eigenvalue weighted by atomic mass is 10.2. The maximum absolute atomic E-state index is 12.3. The van der Waals surface area contributed by atoms with Crippen molar-refractivity contribution in [2.45, 2.75) is 25.2 Å². The van der Waals surface area contributed by atoms with Crippen molar-refractivity contribution < 1.29 is 12.9 Å². The molecule has 0 radical (unpaired) electrons. The molecule has 0 aliphatic rings. The molecule has 3 rings (SSSR count). The van der Waals surface area contributed by atoms with Crippen LogP contribution >= 0.6 is 0 Å². The Labute approximate surface area is 140 Å². The number of benzene rings is 1. The van der Waals surface area contributed by atoms with Crippen molar-refractivity contribution in [3.63, 3.8) is 0 Å². The van der Waals surface area contributed by atoms with E-state index in [0.717, 1.165) is 17.1 Å². The zero-order chi connectivity index (χ0) is 17.2. The molecule has 0 saturated heterocycles. The van der Waals surface area contributed by atoms with Crippen molar-refractivity contribution in [1.29, 1.82) is 0 Å². The van der Waals surface area contributed by atoms with E-state index >= 15 is 0 Å². The molecule has 0 aliphatic heterocycles. The Morgan fingerprint density at radius 3 is 2.62 bits per heavy atom. The van der Waals surface area contributed by atoms with Crippen LogP contribution in [0.5, 0.6) is 0 Å². The van der Waals surface area contributed by atoms with Crippen LogP contribution in [0, 0.1) is 13.8 Å². The maximum Gasteiger partial charge on any atom is 0.245 e. The molecule has 7 nitrogen and oxygen atoms in total. The third-order valence-corrected chi connectivity index (χ3v) is 5.30. The van der Waals surface area contributed by atoms with Gasteiger partial charge in [0.2, 0.25) is 10.0 Å². The molecule has 0 saturated carbocycles. The van der Waals surface area contributed by atoms with Crippen LogP contribution in [0.4, 0.5) is 0 Å². The van der Waals surface area contributed by atoms with Gasteiger partial charge in [0.05, 0.1) is 0 Å². The summed E-state index contributed by atoms with van der Waals surface area (Å²) >= 11 is 0. The lowest BCUT2D eigenvalue weighted by molar-refractivity contribution is 0.390. The quantitative estimate of drug-likeness (QED) is 0.712. The molecular formula is C16H18N4O3S. The molecule has 0 fully saturated rings. The van der Waals surface area contributed by atoms with Crippen molar-refractivity contribution in [2.75, 3.05) is 6.54 Å². The van der Waals surface area contributed by atoms with Gasteiger partial charge in [-0.3, -0.25) is 0 Å². The summed E-state index contributed by atoms with van der Waals surface area (Å²) in [6, 6.07) is 9.74. The van der Waals surface area contributed by atoms with Crippen LogP contribution in [0.15, 0.2) is 45.9 Å². The summed E-state index contributed by atoms with van der Waals surface area (Å²) < 4.78 is 32.1. The molecule has 0 aliphatic carbocycles. The first-order chi connectivity index (χ1) is 11.5. The molecule has 126 valence electrons. The molecule has 0 atom stereocenters. The van der Waals surface area contributed by atoms with E-state index in [1.54, 1.807) is 20.0 Å². The average molecular weight is 346 g/mol. The lowest BCUT2D eigenvalue weighted by Crippen LogP contribution is -2.26. The predicted molar refractivity (Wildman–Crippen MR) is 88.9 cm³/mol. The molecule has 1 aromatic carbocycles. The van der Waals surface area contributed by atoms with Gasteiger partial charge < -0.3 is 9.51 Å². The molecule has 0 bridgehead atoms. The zero-order valence-corrected chi connectivity index (χ0v) is 14.2. The fourth-order valence-corrected chi connectivity index (χ4v) is 3.84. The fourth-order valence-electron chi connectivity index (χ4n) is 2.48. The number of nitrogens with zero attached hydrogens (tertiary/aromatic N) is 2. The number of hydrogen-bond acceptors (Lipinski definition) is 5. The summed E-state index contributed by atoms with van der Waals surface area (Å²) in [5, 5.41) is 3.68. The topological polar surface area (TPSA) is 101 Å². The van der Waals surface area contributed by atoms with Gasteiger partial charge in [-0.05, 0) is 13.8 Å². The van der Waals surface area contributed by atoms with Gasteiger partial charge in [-0.15, -0.1) is 0 Å². The van der Waals surface area contributed by atoms with Gasteiger partial charge in [0.25, 0.3) is 0 Å². The van der Waals surface area contributed by atoms with Crippen LogP contribution in [0.2, 0.25) is 0 Å². The summed E-state index contributed by atoms with van der Waals surface area (Å²) in [6.45, 7) is 3.44. The van der Waals surface area contributed by atoms with E-state index < -0.39 is 10.0 Å². The number of rotatable bonds is 6. The summed E-state index contributed by atoms with van der Waals surface area (Å²) in [7, 11) is -3.63. The molecule has 2 heterocycles. The fraction of sp³-hybridized carbons (Fsp3) is 0.250. The second kappa shape index (κ2) is 6.58. The van der Waals surface area contributed by atoms with Crippen LogP contribution in [0.1, 0.15) is 17.1 Å². The number of imidazole rings is 1. The number of H-pyrrole nitrogens is 1. The average Bonchev–Trinajstić information content (AvgIpc) is 3.15. The minimum atomic E-state index is -3.63. The second-order valence-corrected chi connectivity index (χ2v) is 7.13. The smallest absolute Gasteiger partial charge is 0.245 e. The molecular weight excluding hydrogens is 328 g/mol. The van der Waals surface area contributed by atoms with E-state index in [2.05, 4.69) is 19.8 Å². The van der Waals surface area contributed by atoms with Gasteiger partial charge in [0.1, 0.15) is 16.4 Å². The Morgan fingerprint density at radius 2 is 1.96 bits per heavy atom. The normalized spacial score (nSPS) is 11.8. The Bertz CT molecular complexity index is 910. The van der Waals surface area contributed by atoms with E-state index in [1.807, 2.05) is 30.3 Å². The first-order valence-corrected chi connectivity index (χ1v) is 8.97. The van der Waals surface area contributed by atoms with E-state index in [0.29, 0.717) is 12.1 Å². The zero-order valence-electron chi connectivity index (χ0n) is 13.4. The third kappa shape index (κ3) is 3.39. The van der Waals surface area contributed by atoms with Crippen molar-refractivity contribution in [3.05, 3.63) is 53.7 Å². The molecule has 2 N–H and O–H groups in total. The summed E-state index contributed by atoms with van der Waals surface area (Å²) in [4.78, 5) is 7.63. The highest BCUT2D eigenvalue weighted by molar-refractivity contribution is 7.89. The molecule has 3 aromatic rings. The van der Waals surface area contributed by atoms with E-state index in [1.165, 1.54) is 0 Å². The molecule has 0 spiro atoms. The highest BCUT2D eigenvalue weighted by Crippen LogP contribution is 2.18. The summed E-state index contributed by atoms with van der Waals surface area (Å²) in [5.74, 6) is 1.05. The van der Waals surface area contributed by atoms with Gasteiger partial charge in [-0.1, -0.05) is 35.5 Å². The van der Waals surface area contributed by atoms with Crippen molar-refractivity contribution >= 4 is 10.0 Å². The van der Waals surface area contributed by atoms with Crippen LogP contribution in [0.25, 0.3) is 11.4 Å². The number of aromatic nitrogens is 3. The van der Waals surface area contributed by atoms with Crippen LogP contribution in [0.3, 0.4) is 0 Å². The molecule has 8 heteroatoms. The van der Waals surface area contributed by atoms with Gasteiger partial charge in [0, 0.05) is 30.4 Å². The number of aromatic amines is 1. The molecule has 2 aromatic heterocycles. The Balaban J connectivity index is 1.64.